The minimum absolute atomic E-state index is 0.0675. The molecule has 1 aliphatic rings. The Kier molecular flexibility index (Phi) is 6.00. The van der Waals surface area contributed by atoms with E-state index in [-0.39, 0.29) is 28.1 Å². The van der Waals surface area contributed by atoms with E-state index in [4.69, 9.17) is 0 Å². The van der Waals surface area contributed by atoms with Crippen molar-refractivity contribution in [1.29, 1.82) is 0 Å². The summed E-state index contributed by atoms with van der Waals surface area (Å²) in [5.74, 6) is -2.47. The van der Waals surface area contributed by atoms with Crippen LogP contribution in [0.25, 0.3) is 11.4 Å². The van der Waals surface area contributed by atoms with Crippen LogP contribution in [0.15, 0.2) is 95.3 Å². The van der Waals surface area contributed by atoms with E-state index in [1.165, 1.54) is 28.9 Å². The van der Waals surface area contributed by atoms with Crippen LogP contribution < -0.4 is 10.5 Å². The number of benzene rings is 3. The lowest BCUT2D eigenvalue weighted by Gasteiger charge is -2.24. The van der Waals surface area contributed by atoms with Crippen molar-refractivity contribution in [2.75, 3.05) is 4.90 Å². The Labute approximate surface area is 216 Å². The standard InChI is InChI=1S/C28H22N4O6/c1-17-23(27(35)31(29(17)2)20-13-7-4-8-14-20)30-24(19-12-9-15-21(16-19)32(37)38)22(26(34)28(30)36)25(33)18-10-5-3-6-11-18/h3-16,24,33H,1-2H3/t24-/m1/s1. The molecule has 1 atom stereocenters. The molecule has 190 valence electrons. The topological polar surface area (TPSA) is 128 Å². The van der Waals surface area contributed by atoms with Crippen LogP contribution in [0, 0.1) is 17.0 Å². The molecule has 3 aromatic carbocycles. The van der Waals surface area contributed by atoms with E-state index in [2.05, 4.69) is 0 Å². The van der Waals surface area contributed by atoms with E-state index in [0.29, 0.717) is 11.4 Å². The molecule has 10 nitrogen and oxygen atoms in total. The fourth-order valence-electron chi connectivity index (χ4n) is 4.77. The van der Waals surface area contributed by atoms with Gasteiger partial charge in [0.15, 0.2) is 0 Å². The molecule has 1 aromatic heterocycles. The monoisotopic (exact) mass is 510 g/mol. The number of carbonyl (C=O) groups is 2. The zero-order chi connectivity index (χ0) is 27.1. The van der Waals surface area contributed by atoms with Crippen molar-refractivity contribution in [1.82, 2.24) is 9.36 Å². The second-order valence-electron chi connectivity index (χ2n) is 8.80. The molecular weight excluding hydrogens is 488 g/mol. The fraction of sp³-hybridized carbons (Fsp3) is 0.107. The number of aliphatic hydroxyl groups is 1. The van der Waals surface area contributed by atoms with Crippen LogP contribution in [-0.2, 0) is 16.6 Å². The van der Waals surface area contributed by atoms with E-state index in [9.17, 15) is 29.6 Å². The fourth-order valence-corrected chi connectivity index (χ4v) is 4.77. The Bertz CT molecular complexity index is 1690. The average molecular weight is 511 g/mol. The van der Waals surface area contributed by atoms with Crippen molar-refractivity contribution in [3.8, 4) is 5.69 Å². The second kappa shape index (κ2) is 9.32. The number of rotatable bonds is 5. The largest absolute Gasteiger partial charge is 0.507 e. The zero-order valence-corrected chi connectivity index (χ0v) is 20.4. The van der Waals surface area contributed by atoms with Crippen LogP contribution in [0.4, 0.5) is 11.4 Å². The Hall–Kier alpha value is -5.25. The first-order chi connectivity index (χ1) is 18.2. The third kappa shape index (κ3) is 3.79. The predicted molar refractivity (Wildman–Crippen MR) is 140 cm³/mol. The summed E-state index contributed by atoms with van der Waals surface area (Å²) in [7, 11) is 1.65. The molecule has 0 spiro atoms. The van der Waals surface area contributed by atoms with Crippen molar-refractivity contribution < 1.29 is 19.6 Å². The Morgan fingerprint density at radius 2 is 1.55 bits per heavy atom. The highest BCUT2D eigenvalue weighted by molar-refractivity contribution is 6.51. The number of para-hydroxylation sites is 1. The number of nitro benzene ring substituents is 1. The van der Waals surface area contributed by atoms with Crippen molar-refractivity contribution >= 4 is 28.8 Å². The number of Topliss-reactive ketones (excluding diaryl/α,β-unsaturated/α-hetero) is 1. The first-order valence-electron chi connectivity index (χ1n) is 11.7. The number of amides is 1. The summed E-state index contributed by atoms with van der Waals surface area (Å²) in [5, 5.41) is 22.8. The van der Waals surface area contributed by atoms with Crippen LogP contribution in [0.5, 0.6) is 0 Å². The average Bonchev–Trinajstić information content (AvgIpc) is 3.32. The summed E-state index contributed by atoms with van der Waals surface area (Å²) in [6, 6.07) is 21.2. The first kappa shape index (κ1) is 24.4. The molecule has 1 amide bonds. The number of non-ortho nitro benzene ring substituents is 1. The molecule has 0 aliphatic carbocycles. The number of carbonyl (C=O) groups excluding carboxylic acids is 2. The Morgan fingerprint density at radius 1 is 0.921 bits per heavy atom. The molecule has 0 unspecified atom stereocenters. The molecule has 1 saturated heterocycles. The number of nitro groups is 1. The maximum Gasteiger partial charge on any atom is 0.300 e. The molecule has 5 rings (SSSR count). The van der Waals surface area contributed by atoms with Crippen molar-refractivity contribution in [3.63, 3.8) is 0 Å². The number of ketones is 1. The van der Waals surface area contributed by atoms with Gasteiger partial charge in [-0.25, -0.2) is 4.68 Å². The van der Waals surface area contributed by atoms with Crippen molar-refractivity contribution in [3.05, 3.63) is 128 Å². The summed E-state index contributed by atoms with van der Waals surface area (Å²) in [4.78, 5) is 52.8. The van der Waals surface area contributed by atoms with E-state index in [1.807, 2.05) is 0 Å². The molecule has 2 heterocycles. The highest BCUT2D eigenvalue weighted by Crippen LogP contribution is 2.43. The van der Waals surface area contributed by atoms with Gasteiger partial charge in [-0.1, -0.05) is 60.7 Å². The molecular formula is C28H22N4O6. The van der Waals surface area contributed by atoms with Crippen LogP contribution >= 0.6 is 0 Å². The molecule has 0 saturated carbocycles. The number of aliphatic hydroxyl groups excluding tert-OH is 1. The second-order valence-corrected chi connectivity index (χ2v) is 8.80. The summed E-state index contributed by atoms with van der Waals surface area (Å²) in [5.41, 5.74) is 0.250. The van der Waals surface area contributed by atoms with Crippen LogP contribution in [0.2, 0.25) is 0 Å². The molecule has 0 bridgehead atoms. The molecule has 1 aliphatic heterocycles. The summed E-state index contributed by atoms with van der Waals surface area (Å²) < 4.78 is 2.93. The number of hydrogen-bond donors (Lipinski definition) is 1. The van der Waals surface area contributed by atoms with Gasteiger partial charge in [-0.05, 0) is 24.6 Å². The van der Waals surface area contributed by atoms with Gasteiger partial charge in [0.25, 0.3) is 22.9 Å². The van der Waals surface area contributed by atoms with Gasteiger partial charge in [-0.3, -0.25) is 34.1 Å². The van der Waals surface area contributed by atoms with Gasteiger partial charge >= 0.3 is 0 Å². The molecule has 0 radical (unpaired) electrons. The van der Waals surface area contributed by atoms with Gasteiger partial charge < -0.3 is 5.11 Å². The lowest BCUT2D eigenvalue weighted by Crippen LogP contribution is -2.34. The maximum absolute atomic E-state index is 13.8. The highest BCUT2D eigenvalue weighted by Gasteiger charge is 2.49. The summed E-state index contributed by atoms with van der Waals surface area (Å²) >= 11 is 0. The molecule has 1 N–H and O–H groups in total. The number of hydrogen-bond acceptors (Lipinski definition) is 6. The molecule has 38 heavy (non-hydrogen) atoms. The highest BCUT2D eigenvalue weighted by atomic mass is 16.6. The van der Waals surface area contributed by atoms with E-state index < -0.39 is 34.0 Å². The number of anilines is 1. The Morgan fingerprint density at radius 3 is 2.18 bits per heavy atom. The lowest BCUT2D eigenvalue weighted by atomic mass is 9.95. The minimum Gasteiger partial charge on any atom is -0.507 e. The van der Waals surface area contributed by atoms with Crippen LogP contribution in [-0.4, -0.2) is 31.1 Å². The Balaban J connectivity index is 1.81. The van der Waals surface area contributed by atoms with Crippen molar-refractivity contribution in [2.24, 2.45) is 7.05 Å². The van der Waals surface area contributed by atoms with Gasteiger partial charge in [0.1, 0.15) is 11.4 Å². The van der Waals surface area contributed by atoms with E-state index in [0.717, 1.165) is 4.90 Å². The predicted octanol–water partition coefficient (Wildman–Crippen LogP) is 4.02. The zero-order valence-electron chi connectivity index (χ0n) is 20.4. The lowest BCUT2D eigenvalue weighted by molar-refractivity contribution is -0.384. The maximum atomic E-state index is 13.8. The van der Waals surface area contributed by atoms with Gasteiger partial charge in [0.05, 0.1) is 27.9 Å². The third-order valence-electron chi connectivity index (χ3n) is 6.65. The number of aromatic nitrogens is 2. The summed E-state index contributed by atoms with van der Waals surface area (Å²) in [6.45, 7) is 1.64. The number of nitrogens with zero attached hydrogens (tertiary/aromatic N) is 4. The molecule has 1 fully saturated rings. The quantitative estimate of drug-likeness (QED) is 0.142. The first-order valence-corrected chi connectivity index (χ1v) is 11.7. The molecule has 10 heteroatoms. The smallest absolute Gasteiger partial charge is 0.300 e. The summed E-state index contributed by atoms with van der Waals surface area (Å²) in [6.07, 6.45) is 0. The van der Waals surface area contributed by atoms with Crippen LogP contribution in [0.1, 0.15) is 22.9 Å². The molecule has 4 aromatic rings. The van der Waals surface area contributed by atoms with Gasteiger partial charge in [0.2, 0.25) is 0 Å². The third-order valence-corrected chi connectivity index (χ3v) is 6.65. The minimum atomic E-state index is -1.28. The van der Waals surface area contributed by atoms with Gasteiger partial charge in [-0.15, -0.1) is 0 Å². The van der Waals surface area contributed by atoms with Gasteiger partial charge in [-0.2, -0.15) is 0 Å². The van der Waals surface area contributed by atoms with Gasteiger partial charge in [0, 0.05) is 24.7 Å². The van der Waals surface area contributed by atoms with Crippen LogP contribution in [0.3, 0.4) is 0 Å². The van der Waals surface area contributed by atoms with Crippen molar-refractivity contribution in [2.45, 2.75) is 13.0 Å². The van der Waals surface area contributed by atoms with E-state index >= 15 is 0 Å². The normalized spacial score (nSPS) is 16.7. The van der Waals surface area contributed by atoms with E-state index in [1.54, 1.807) is 79.3 Å². The SMILES string of the molecule is Cc1c(N2C(=O)C(=O)C(=C(O)c3ccccc3)[C@H]2c2cccc([N+](=O)[O-])c2)c(=O)n(-c2ccccc2)n1C.